The fourth-order valence-corrected chi connectivity index (χ4v) is 4.87. The number of aliphatic imine (C=N–C) groups is 1. The molecule has 0 saturated carbocycles. The first-order chi connectivity index (χ1) is 20.4. The van der Waals surface area contributed by atoms with Gasteiger partial charge < -0.3 is 29.4 Å². The molecule has 2 aromatic carbocycles. The molecule has 0 amide bonds. The molecule has 3 atom stereocenters. The number of allylic oxidation sites excluding steroid dienone is 1. The number of aliphatic hydroxyl groups is 1. The van der Waals surface area contributed by atoms with Crippen LogP contribution in [0, 0.1) is 16.0 Å². The van der Waals surface area contributed by atoms with Crippen LogP contribution >= 0.6 is 0 Å². The molecule has 0 bridgehead atoms. The van der Waals surface area contributed by atoms with E-state index in [1.165, 1.54) is 32.4 Å². The first-order valence-corrected chi connectivity index (χ1v) is 13.8. The summed E-state index contributed by atoms with van der Waals surface area (Å²) in [6.45, 7) is 7.73. The van der Waals surface area contributed by atoms with Crippen molar-refractivity contribution in [1.29, 1.82) is 0 Å². The smallest absolute Gasteiger partial charge is 0.336 e. The van der Waals surface area contributed by atoms with E-state index in [1.807, 2.05) is 44.2 Å². The molecule has 0 aliphatic carbocycles. The molecule has 1 heterocycles. The highest BCUT2D eigenvalue weighted by Crippen LogP contribution is 2.44. The van der Waals surface area contributed by atoms with E-state index in [2.05, 4.69) is 10.3 Å². The number of ether oxygens (including phenoxy) is 4. The number of nitrogens with one attached hydrogen (secondary N) is 1. The minimum atomic E-state index is -1.04. The first-order valence-electron chi connectivity index (χ1n) is 13.8. The maximum Gasteiger partial charge on any atom is 0.336 e. The van der Waals surface area contributed by atoms with Crippen LogP contribution in [-0.4, -0.2) is 73.3 Å². The van der Waals surface area contributed by atoms with Crippen molar-refractivity contribution in [1.82, 2.24) is 5.32 Å². The van der Waals surface area contributed by atoms with Gasteiger partial charge in [-0.2, -0.15) is 0 Å². The Morgan fingerprint density at radius 3 is 2.42 bits per heavy atom. The third-order valence-electron chi connectivity index (χ3n) is 7.21. The third-order valence-corrected chi connectivity index (χ3v) is 7.21. The van der Waals surface area contributed by atoms with Crippen molar-refractivity contribution in [2.24, 2.45) is 10.9 Å². The van der Waals surface area contributed by atoms with E-state index in [0.29, 0.717) is 23.6 Å². The number of nitro benzene ring substituents is 1. The summed E-state index contributed by atoms with van der Waals surface area (Å²) in [6.07, 6.45) is -0.264. The lowest BCUT2D eigenvalue weighted by Crippen LogP contribution is -2.45. The Bertz CT molecular complexity index is 1370. The largest absolute Gasteiger partial charge is 0.493 e. The Labute approximate surface area is 250 Å². The molecule has 0 radical (unpaired) electrons. The zero-order chi connectivity index (χ0) is 31.7. The number of hydrogen-bond donors (Lipinski definition) is 2. The fourth-order valence-electron chi connectivity index (χ4n) is 4.87. The number of β-amino-alcohol motifs (C(OH)–C–C–N with tert-alkyl or cyclic N) is 1. The number of methoxy groups -OCH3 is 2. The lowest BCUT2D eigenvalue weighted by Gasteiger charge is -2.32. The molecule has 1 aliphatic heterocycles. The molecule has 2 N–H and O–H groups in total. The molecular weight excluding hydrogens is 558 g/mol. The standard InChI is InChI=1S/C31H39N3O9/c1-19-26(29(36)40-5)28(27(20(2)33-19)30(37)41-6)24-16-21(34(38)39)12-13-25(24)42-15-14-31(3,4)32-17-22(35)18-43-23-10-8-7-9-11-23/h7-13,16,22,26,28,32,35H,14-15,17-18H2,1-6H3. The number of non-ortho nitro benzene ring substituents is 1. The van der Waals surface area contributed by atoms with Crippen molar-refractivity contribution in [2.45, 2.75) is 51.7 Å². The molecule has 0 spiro atoms. The molecular formula is C31H39N3O9. The summed E-state index contributed by atoms with van der Waals surface area (Å²) >= 11 is 0. The molecule has 3 rings (SSSR count). The molecule has 12 heteroatoms. The van der Waals surface area contributed by atoms with Crippen LogP contribution in [0.25, 0.3) is 0 Å². The van der Waals surface area contributed by atoms with Crippen molar-refractivity contribution in [3.05, 3.63) is 75.5 Å². The number of hydrogen-bond acceptors (Lipinski definition) is 11. The van der Waals surface area contributed by atoms with Gasteiger partial charge in [0.25, 0.3) is 5.69 Å². The highest BCUT2D eigenvalue weighted by molar-refractivity contribution is 6.07. The molecule has 232 valence electrons. The number of para-hydroxylation sites is 1. The lowest BCUT2D eigenvalue weighted by molar-refractivity contribution is -0.385. The molecule has 0 saturated heterocycles. The van der Waals surface area contributed by atoms with Crippen LogP contribution in [0.15, 0.2) is 64.8 Å². The van der Waals surface area contributed by atoms with E-state index in [9.17, 15) is 24.8 Å². The summed E-state index contributed by atoms with van der Waals surface area (Å²) in [5, 5.41) is 25.4. The number of esters is 2. The Morgan fingerprint density at radius 2 is 1.79 bits per heavy atom. The highest BCUT2D eigenvalue weighted by atomic mass is 16.6. The maximum absolute atomic E-state index is 13.0. The molecule has 43 heavy (non-hydrogen) atoms. The van der Waals surface area contributed by atoms with Crippen LogP contribution in [0.2, 0.25) is 0 Å². The van der Waals surface area contributed by atoms with E-state index >= 15 is 0 Å². The molecule has 0 aromatic heterocycles. The van der Waals surface area contributed by atoms with E-state index in [-0.39, 0.29) is 42.3 Å². The van der Waals surface area contributed by atoms with Gasteiger partial charge in [0, 0.05) is 47.1 Å². The van der Waals surface area contributed by atoms with E-state index < -0.39 is 40.3 Å². The minimum absolute atomic E-state index is 0.0857. The topological polar surface area (TPSA) is 159 Å². The van der Waals surface area contributed by atoms with Crippen LogP contribution in [0.3, 0.4) is 0 Å². The number of benzene rings is 2. The number of rotatable bonds is 14. The second-order valence-electron chi connectivity index (χ2n) is 10.8. The average molecular weight is 598 g/mol. The summed E-state index contributed by atoms with van der Waals surface area (Å²) in [7, 11) is 2.43. The van der Waals surface area contributed by atoms with Crippen molar-refractivity contribution in [3.8, 4) is 11.5 Å². The van der Waals surface area contributed by atoms with Crippen molar-refractivity contribution in [2.75, 3.05) is 34.0 Å². The normalized spacial score (nSPS) is 17.5. The Hall–Kier alpha value is -4.29. The Morgan fingerprint density at radius 1 is 1.09 bits per heavy atom. The van der Waals surface area contributed by atoms with Gasteiger partial charge in [-0.25, -0.2) is 4.79 Å². The van der Waals surface area contributed by atoms with Gasteiger partial charge in [0.15, 0.2) is 0 Å². The first kappa shape index (κ1) is 33.2. The van der Waals surface area contributed by atoms with Gasteiger partial charge in [0.05, 0.1) is 31.3 Å². The maximum atomic E-state index is 13.0. The number of nitro groups is 1. The fraction of sp³-hybridized carbons (Fsp3) is 0.452. The molecule has 1 aliphatic rings. The van der Waals surface area contributed by atoms with Crippen molar-refractivity contribution in [3.63, 3.8) is 0 Å². The van der Waals surface area contributed by atoms with Crippen molar-refractivity contribution >= 4 is 23.3 Å². The number of carbonyl (C=O) groups is 2. The van der Waals surface area contributed by atoms with Crippen LogP contribution in [0.5, 0.6) is 11.5 Å². The van der Waals surface area contributed by atoms with E-state index in [4.69, 9.17) is 18.9 Å². The Balaban J connectivity index is 1.81. The van der Waals surface area contributed by atoms with Crippen molar-refractivity contribution < 1.29 is 38.6 Å². The predicted molar refractivity (Wildman–Crippen MR) is 159 cm³/mol. The van der Waals surface area contributed by atoms with Gasteiger partial charge in [0.1, 0.15) is 30.1 Å². The molecule has 3 unspecified atom stereocenters. The second-order valence-corrected chi connectivity index (χ2v) is 10.8. The van der Waals surface area contributed by atoms with Crippen LogP contribution in [0.4, 0.5) is 5.69 Å². The van der Waals surface area contributed by atoms with Crippen LogP contribution < -0.4 is 14.8 Å². The van der Waals surface area contributed by atoms with Gasteiger partial charge in [-0.1, -0.05) is 18.2 Å². The average Bonchev–Trinajstić information content (AvgIpc) is 2.98. The van der Waals surface area contributed by atoms with E-state index in [1.54, 1.807) is 13.8 Å². The zero-order valence-electron chi connectivity index (χ0n) is 25.3. The lowest BCUT2D eigenvalue weighted by atomic mass is 9.75. The molecule has 12 nitrogen and oxygen atoms in total. The minimum Gasteiger partial charge on any atom is -0.493 e. The monoisotopic (exact) mass is 597 g/mol. The molecule has 2 aromatic rings. The van der Waals surface area contributed by atoms with Gasteiger partial charge in [0.2, 0.25) is 0 Å². The van der Waals surface area contributed by atoms with Gasteiger partial charge in [-0.3, -0.25) is 19.9 Å². The van der Waals surface area contributed by atoms with Gasteiger partial charge >= 0.3 is 11.9 Å². The van der Waals surface area contributed by atoms with Crippen LogP contribution in [0.1, 0.15) is 45.6 Å². The van der Waals surface area contributed by atoms with E-state index in [0.717, 1.165) is 0 Å². The SMILES string of the molecule is COC(=O)C1=C(C)N=C(C)C(C(=O)OC)C1c1cc([N+](=O)[O-])ccc1OCCC(C)(C)NCC(O)COc1ccccc1. The zero-order valence-corrected chi connectivity index (χ0v) is 25.3. The summed E-state index contributed by atoms with van der Waals surface area (Å²) in [5.41, 5.74) is 0.360. The summed E-state index contributed by atoms with van der Waals surface area (Å²) in [5.74, 6) is -2.48. The number of carbonyl (C=O) groups excluding carboxylic acids is 2. The summed E-state index contributed by atoms with van der Waals surface area (Å²) in [6, 6.07) is 13.3. The van der Waals surface area contributed by atoms with Gasteiger partial charge in [-0.05, 0) is 52.3 Å². The quantitative estimate of drug-likeness (QED) is 0.185. The predicted octanol–water partition coefficient (Wildman–Crippen LogP) is 3.97. The summed E-state index contributed by atoms with van der Waals surface area (Å²) < 4.78 is 21.8. The summed E-state index contributed by atoms with van der Waals surface area (Å²) in [4.78, 5) is 41.5. The number of aliphatic hydroxyl groups excluding tert-OH is 1. The third kappa shape index (κ3) is 8.62. The Kier molecular flexibility index (Phi) is 11.4. The van der Waals surface area contributed by atoms with Gasteiger partial charge in [-0.15, -0.1) is 0 Å². The highest BCUT2D eigenvalue weighted by Gasteiger charge is 2.44. The molecule has 0 fully saturated rings. The second kappa shape index (κ2) is 14.7. The van der Waals surface area contributed by atoms with Crippen LogP contribution in [-0.2, 0) is 19.1 Å². The number of nitrogens with zero attached hydrogens (tertiary/aromatic N) is 2.